The third-order valence-electron chi connectivity index (χ3n) is 4.47. The van der Waals surface area contributed by atoms with Crippen molar-refractivity contribution in [2.75, 3.05) is 0 Å². The molecule has 0 heterocycles. The lowest BCUT2D eigenvalue weighted by Gasteiger charge is -2.09. The van der Waals surface area contributed by atoms with E-state index in [2.05, 4.69) is 34.0 Å². The Hall–Kier alpha value is -3.34. The predicted octanol–water partition coefficient (Wildman–Crippen LogP) is 7.51. The van der Waals surface area contributed by atoms with Crippen LogP contribution in [-0.2, 0) is 6.42 Å². The molecule has 0 aliphatic rings. The molecular formula is C25H22F3NO. The number of aliphatic imine (C=N–C) groups is 1. The molecule has 0 bridgehead atoms. The van der Waals surface area contributed by atoms with E-state index in [4.69, 9.17) is 0 Å². The molecule has 0 aliphatic heterocycles. The quantitative estimate of drug-likeness (QED) is 0.292. The highest BCUT2D eigenvalue weighted by Gasteiger charge is 2.30. The van der Waals surface area contributed by atoms with Crippen LogP contribution in [0.15, 0.2) is 89.9 Å². The van der Waals surface area contributed by atoms with Crippen LogP contribution in [-0.4, -0.2) is 12.6 Å². The van der Waals surface area contributed by atoms with Gasteiger partial charge in [0.2, 0.25) is 0 Å². The van der Waals surface area contributed by atoms with E-state index >= 15 is 0 Å². The second kappa shape index (κ2) is 9.92. The minimum Gasteiger partial charge on any atom is -0.406 e. The number of hydrogen-bond acceptors (Lipinski definition) is 2. The summed E-state index contributed by atoms with van der Waals surface area (Å²) in [5.74, 6) is -0.236. The first-order valence-corrected chi connectivity index (χ1v) is 9.63. The molecule has 0 N–H and O–H groups in total. The minimum atomic E-state index is -4.69. The van der Waals surface area contributed by atoms with E-state index in [0.29, 0.717) is 0 Å². The van der Waals surface area contributed by atoms with Gasteiger partial charge in [0.1, 0.15) is 5.75 Å². The zero-order valence-corrected chi connectivity index (χ0v) is 16.6. The molecule has 0 aromatic heterocycles. The van der Waals surface area contributed by atoms with E-state index in [9.17, 15) is 13.2 Å². The van der Waals surface area contributed by atoms with Crippen LogP contribution in [0.25, 0.3) is 11.1 Å². The molecule has 0 aliphatic carbocycles. The SMILES string of the molecule is C/C=C/CCc1ccc(C=Nc2ccc(-c3ccc(OC(F)(F)F)cc3)cc2)cc1. The summed E-state index contributed by atoms with van der Waals surface area (Å²) in [6, 6.07) is 21.6. The highest BCUT2D eigenvalue weighted by Crippen LogP contribution is 2.27. The first-order chi connectivity index (χ1) is 14.4. The Morgan fingerprint density at radius 2 is 1.43 bits per heavy atom. The topological polar surface area (TPSA) is 21.6 Å². The Balaban J connectivity index is 1.61. The number of halogens is 3. The van der Waals surface area contributed by atoms with Crippen molar-refractivity contribution in [1.29, 1.82) is 0 Å². The van der Waals surface area contributed by atoms with Gasteiger partial charge in [0.05, 0.1) is 5.69 Å². The molecule has 30 heavy (non-hydrogen) atoms. The Labute approximate surface area is 174 Å². The van der Waals surface area contributed by atoms with Crippen LogP contribution in [0, 0.1) is 0 Å². The second-order valence-corrected chi connectivity index (χ2v) is 6.73. The summed E-state index contributed by atoms with van der Waals surface area (Å²) in [5.41, 5.74) is 4.80. The molecule has 2 nitrogen and oxygen atoms in total. The molecule has 0 fully saturated rings. The third-order valence-corrected chi connectivity index (χ3v) is 4.47. The van der Waals surface area contributed by atoms with Crippen molar-refractivity contribution < 1.29 is 17.9 Å². The molecule has 0 amide bonds. The average Bonchev–Trinajstić information content (AvgIpc) is 2.73. The van der Waals surface area contributed by atoms with Gasteiger partial charge in [-0.3, -0.25) is 4.99 Å². The number of benzene rings is 3. The second-order valence-electron chi connectivity index (χ2n) is 6.73. The summed E-state index contributed by atoms with van der Waals surface area (Å²) in [6.45, 7) is 2.02. The van der Waals surface area contributed by atoms with E-state index in [0.717, 1.165) is 35.2 Å². The zero-order chi connectivity index (χ0) is 21.4. The van der Waals surface area contributed by atoms with Gasteiger partial charge in [-0.25, -0.2) is 0 Å². The smallest absolute Gasteiger partial charge is 0.406 e. The van der Waals surface area contributed by atoms with Gasteiger partial charge in [0.15, 0.2) is 0 Å². The van der Waals surface area contributed by atoms with Crippen molar-refractivity contribution in [3.8, 4) is 16.9 Å². The van der Waals surface area contributed by atoms with Crippen molar-refractivity contribution in [3.63, 3.8) is 0 Å². The van der Waals surface area contributed by atoms with E-state index in [-0.39, 0.29) is 5.75 Å². The van der Waals surface area contributed by atoms with Gasteiger partial charge in [-0.05, 0) is 66.3 Å². The van der Waals surface area contributed by atoms with Crippen molar-refractivity contribution >= 4 is 11.9 Å². The number of hydrogen-bond donors (Lipinski definition) is 0. The highest BCUT2D eigenvalue weighted by molar-refractivity contribution is 5.82. The first kappa shape index (κ1) is 21.4. The summed E-state index contributed by atoms with van der Waals surface area (Å²) < 4.78 is 40.6. The molecule has 5 heteroatoms. The van der Waals surface area contributed by atoms with Gasteiger partial charge in [-0.15, -0.1) is 13.2 Å². The standard InChI is InChI=1S/C25H22F3NO/c1-2-3-4-5-19-6-8-20(9-7-19)18-29-23-14-10-21(11-15-23)22-12-16-24(17-13-22)30-25(26,27)28/h2-3,6-18H,4-5H2,1H3/b3-2+,29-18?. The zero-order valence-electron chi connectivity index (χ0n) is 16.6. The molecule has 0 atom stereocenters. The Bertz CT molecular complexity index is 987. The number of ether oxygens (including phenoxy) is 1. The number of nitrogens with zero attached hydrogens (tertiary/aromatic N) is 1. The maximum Gasteiger partial charge on any atom is 0.573 e. The van der Waals surface area contributed by atoms with E-state index in [1.165, 1.54) is 17.7 Å². The van der Waals surface area contributed by atoms with Crippen LogP contribution in [0.4, 0.5) is 18.9 Å². The van der Waals surface area contributed by atoms with Crippen LogP contribution in [0.5, 0.6) is 5.75 Å². The lowest BCUT2D eigenvalue weighted by atomic mass is 10.1. The van der Waals surface area contributed by atoms with Gasteiger partial charge >= 0.3 is 6.36 Å². The van der Waals surface area contributed by atoms with Crippen LogP contribution >= 0.6 is 0 Å². The summed E-state index contributed by atoms with van der Waals surface area (Å²) >= 11 is 0. The molecule has 154 valence electrons. The Kier molecular flexibility index (Phi) is 7.07. The van der Waals surface area contributed by atoms with Gasteiger partial charge in [-0.1, -0.05) is 60.7 Å². The molecule has 0 radical (unpaired) electrons. The summed E-state index contributed by atoms with van der Waals surface area (Å²) in [7, 11) is 0. The summed E-state index contributed by atoms with van der Waals surface area (Å²) in [4.78, 5) is 4.49. The van der Waals surface area contributed by atoms with E-state index < -0.39 is 6.36 Å². The number of alkyl halides is 3. The van der Waals surface area contributed by atoms with E-state index in [1.807, 2.05) is 49.5 Å². The third kappa shape index (κ3) is 6.62. The molecule has 3 aromatic rings. The normalized spacial score (nSPS) is 12.0. The highest BCUT2D eigenvalue weighted by atomic mass is 19.4. The van der Waals surface area contributed by atoms with Crippen LogP contribution in [0.2, 0.25) is 0 Å². The molecular weight excluding hydrogens is 387 g/mol. The maximum atomic E-state index is 12.2. The minimum absolute atomic E-state index is 0.236. The lowest BCUT2D eigenvalue weighted by molar-refractivity contribution is -0.274. The van der Waals surface area contributed by atoms with Gasteiger partial charge in [-0.2, -0.15) is 0 Å². The Morgan fingerprint density at radius 1 is 0.833 bits per heavy atom. The molecule has 0 saturated carbocycles. The van der Waals surface area contributed by atoms with Crippen LogP contribution in [0.1, 0.15) is 24.5 Å². The van der Waals surface area contributed by atoms with Crippen molar-refractivity contribution in [2.24, 2.45) is 4.99 Å². The molecule has 0 unspecified atom stereocenters. The monoisotopic (exact) mass is 409 g/mol. The van der Waals surface area contributed by atoms with Crippen molar-refractivity contribution in [2.45, 2.75) is 26.1 Å². The molecule has 3 aromatic carbocycles. The van der Waals surface area contributed by atoms with Crippen molar-refractivity contribution in [3.05, 3.63) is 96.1 Å². The van der Waals surface area contributed by atoms with Gasteiger partial charge in [0, 0.05) is 6.21 Å². The molecule has 3 rings (SSSR count). The largest absolute Gasteiger partial charge is 0.573 e. The fourth-order valence-electron chi connectivity index (χ4n) is 2.93. The van der Waals surface area contributed by atoms with E-state index in [1.54, 1.807) is 12.1 Å². The number of aryl methyl sites for hydroxylation is 1. The van der Waals surface area contributed by atoms with Crippen LogP contribution in [0.3, 0.4) is 0 Å². The van der Waals surface area contributed by atoms with Crippen LogP contribution < -0.4 is 4.74 Å². The first-order valence-electron chi connectivity index (χ1n) is 9.63. The summed E-state index contributed by atoms with van der Waals surface area (Å²) in [6.07, 6.45) is 3.40. The number of rotatable bonds is 7. The maximum absolute atomic E-state index is 12.2. The lowest BCUT2D eigenvalue weighted by Crippen LogP contribution is -2.16. The van der Waals surface area contributed by atoms with Gasteiger partial charge < -0.3 is 4.74 Å². The average molecular weight is 409 g/mol. The Morgan fingerprint density at radius 3 is 2.00 bits per heavy atom. The predicted molar refractivity (Wildman–Crippen MR) is 115 cm³/mol. The van der Waals surface area contributed by atoms with Gasteiger partial charge in [0.25, 0.3) is 0 Å². The number of allylic oxidation sites excluding steroid dienone is 2. The molecule has 0 spiro atoms. The molecule has 0 saturated heterocycles. The fourth-order valence-corrected chi connectivity index (χ4v) is 2.93. The summed E-state index contributed by atoms with van der Waals surface area (Å²) in [5, 5.41) is 0. The van der Waals surface area contributed by atoms with Crippen molar-refractivity contribution in [1.82, 2.24) is 0 Å². The fraction of sp³-hybridized carbons (Fsp3) is 0.160.